The van der Waals surface area contributed by atoms with Gasteiger partial charge in [0.1, 0.15) is 23.1 Å². The first-order chi connectivity index (χ1) is 14.5. The molecule has 3 rings (SSSR count). The van der Waals surface area contributed by atoms with Crippen LogP contribution in [-0.2, 0) is 4.79 Å². The standard InChI is InChI=1S/C24H20N2O4/c1-29-22-11-7-20(8-12-22)26(21-9-13-23(30-2)14-10-21)19-5-3-17(4-6-19)15-18(16-25)24(27)28/h3-15H,1-2H3,(H,27,28)/b18-15+. The summed E-state index contributed by atoms with van der Waals surface area (Å²) in [6.07, 6.45) is 1.34. The average molecular weight is 400 g/mol. The number of hydrogen-bond acceptors (Lipinski definition) is 5. The summed E-state index contributed by atoms with van der Waals surface area (Å²) in [7, 11) is 3.24. The third kappa shape index (κ3) is 4.59. The van der Waals surface area contributed by atoms with Gasteiger partial charge in [-0.25, -0.2) is 4.79 Å². The number of methoxy groups -OCH3 is 2. The average Bonchev–Trinajstić information content (AvgIpc) is 2.79. The Labute approximate surface area is 174 Å². The van der Waals surface area contributed by atoms with Gasteiger partial charge in [-0.2, -0.15) is 5.26 Å². The molecule has 30 heavy (non-hydrogen) atoms. The number of carboxylic acid groups (broad SMARTS) is 1. The summed E-state index contributed by atoms with van der Waals surface area (Å²) in [5.74, 6) is 0.262. The first-order valence-electron chi connectivity index (χ1n) is 9.09. The molecule has 0 saturated heterocycles. The second kappa shape index (κ2) is 9.30. The summed E-state index contributed by atoms with van der Waals surface area (Å²) in [6, 6.07) is 24.3. The van der Waals surface area contributed by atoms with E-state index in [0.717, 1.165) is 28.6 Å². The highest BCUT2D eigenvalue weighted by Gasteiger charge is 2.13. The minimum absolute atomic E-state index is 0.315. The quantitative estimate of drug-likeness (QED) is 0.435. The Kier molecular flexibility index (Phi) is 6.36. The van der Waals surface area contributed by atoms with Crippen LogP contribution < -0.4 is 14.4 Å². The van der Waals surface area contributed by atoms with Crippen molar-refractivity contribution in [1.29, 1.82) is 5.26 Å². The molecule has 6 nitrogen and oxygen atoms in total. The second-order valence-electron chi connectivity index (χ2n) is 6.30. The van der Waals surface area contributed by atoms with Gasteiger partial charge < -0.3 is 19.5 Å². The Morgan fingerprint density at radius 2 is 1.23 bits per heavy atom. The van der Waals surface area contributed by atoms with Crippen molar-refractivity contribution in [3.8, 4) is 17.6 Å². The molecule has 0 atom stereocenters. The van der Waals surface area contributed by atoms with Gasteiger partial charge >= 0.3 is 5.97 Å². The van der Waals surface area contributed by atoms with Crippen molar-refractivity contribution in [3.05, 3.63) is 83.9 Å². The highest BCUT2D eigenvalue weighted by atomic mass is 16.5. The Balaban J connectivity index is 2.03. The molecule has 0 amide bonds. The second-order valence-corrected chi connectivity index (χ2v) is 6.30. The number of ether oxygens (including phenoxy) is 2. The fourth-order valence-electron chi connectivity index (χ4n) is 2.94. The smallest absolute Gasteiger partial charge is 0.346 e. The summed E-state index contributed by atoms with van der Waals surface area (Å²) in [6.45, 7) is 0. The maximum absolute atomic E-state index is 11.1. The van der Waals surface area contributed by atoms with Crippen LogP contribution in [0, 0.1) is 11.3 Å². The molecule has 0 fully saturated rings. The molecule has 0 spiro atoms. The van der Waals surface area contributed by atoms with E-state index in [9.17, 15) is 4.79 Å². The number of carboxylic acids is 1. The van der Waals surface area contributed by atoms with E-state index >= 15 is 0 Å². The lowest BCUT2D eigenvalue weighted by molar-refractivity contribution is -0.132. The molecule has 3 aromatic carbocycles. The Morgan fingerprint density at radius 1 is 0.833 bits per heavy atom. The van der Waals surface area contributed by atoms with Gasteiger partial charge in [0.25, 0.3) is 0 Å². The van der Waals surface area contributed by atoms with Crippen LogP contribution in [0.25, 0.3) is 6.08 Å². The van der Waals surface area contributed by atoms with Crippen LogP contribution in [0.4, 0.5) is 17.1 Å². The Hall–Kier alpha value is -4.24. The van der Waals surface area contributed by atoms with E-state index in [0.29, 0.717) is 5.56 Å². The Morgan fingerprint density at radius 3 is 1.57 bits per heavy atom. The van der Waals surface area contributed by atoms with Crippen LogP contribution in [0.3, 0.4) is 0 Å². The molecule has 0 heterocycles. The molecule has 1 N–H and O–H groups in total. The summed E-state index contributed by atoms with van der Waals surface area (Å²) in [5, 5.41) is 18.0. The monoisotopic (exact) mass is 400 g/mol. The van der Waals surface area contributed by atoms with Crippen LogP contribution in [0.2, 0.25) is 0 Å². The van der Waals surface area contributed by atoms with E-state index < -0.39 is 5.97 Å². The van der Waals surface area contributed by atoms with Crippen LogP contribution in [0.1, 0.15) is 5.56 Å². The van der Waals surface area contributed by atoms with Crippen molar-refractivity contribution in [3.63, 3.8) is 0 Å². The third-order valence-corrected chi connectivity index (χ3v) is 4.47. The summed E-state index contributed by atoms with van der Waals surface area (Å²) < 4.78 is 10.5. The lowest BCUT2D eigenvalue weighted by Crippen LogP contribution is -2.09. The van der Waals surface area contributed by atoms with Gasteiger partial charge in [0.15, 0.2) is 0 Å². The van der Waals surface area contributed by atoms with Crippen molar-refractivity contribution >= 4 is 29.1 Å². The normalized spacial score (nSPS) is 10.8. The molecule has 0 aliphatic carbocycles. The fourth-order valence-corrected chi connectivity index (χ4v) is 2.94. The number of aliphatic carboxylic acids is 1. The maximum atomic E-state index is 11.1. The van der Waals surface area contributed by atoms with Gasteiger partial charge in [-0.1, -0.05) is 12.1 Å². The topological polar surface area (TPSA) is 82.8 Å². The molecule has 0 aromatic heterocycles. The number of benzene rings is 3. The van der Waals surface area contributed by atoms with Crippen molar-refractivity contribution in [1.82, 2.24) is 0 Å². The summed E-state index contributed by atoms with van der Waals surface area (Å²) in [5.41, 5.74) is 3.03. The molecule has 0 radical (unpaired) electrons. The molecule has 0 saturated carbocycles. The summed E-state index contributed by atoms with van der Waals surface area (Å²) in [4.78, 5) is 13.1. The van der Waals surface area contributed by atoms with Gasteiger partial charge in [-0.15, -0.1) is 0 Å². The van der Waals surface area contributed by atoms with E-state index in [4.69, 9.17) is 19.8 Å². The number of nitrogens with zero attached hydrogens (tertiary/aromatic N) is 2. The van der Waals surface area contributed by atoms with Crippen LogP contribution in [-0.4, -0.2) is 25.3 Å². The van der Waals surface area contributed by atoms with Crippen molar-refractivity contribution in [2.45, 2.75) is 0 Å². The predicted octanol–water partition coefficient (Wildman–Crippen LogP) is 5.17. The number of anilines is 3. The highest BCUT2D eigenvalue weighted by molar-refractivity contribution is 5.96. The van der Waals surface area contributed by atoms with Gasteiger partial charge in [0.2, 0.25) is 0 Å². The first kappa shape index (κ1) is 20.5. The van der Waals surface area contributed by atoms with Gasteiger partial charge in [-0.3, -0.25) is 0 Å². The van der Waals surface area contributed by atoms with Gasteiger partial charge in [0.05, 0.1) is 14.2 Å². The molecule has 6 heteroatoms. The van der Waals surface area contributed by atoms with E-state index in [1.165, 1.54) is 6.08 Å². The fraction of sp³-hybridized carbons (Fsp3) is 0.0833. The number of hydrogen-bond donors (Lipinski definition) is 1. The zero-order valence-electron chi connectivity index (χ0n) is 16.6. The van der Waals surface area contributed by atoms with Gasteiger partial charge in [-0.05, 0) is 72.3 Å². The van der Waals surface area contributed by atoms with Crippen LogP contribution in [0.15, 0.2) is 78.4 Å². The predicted molar refractivity (Wildman–Crippen MR) is 115 cm³/mol. The van der Waals surface area contributed by atoms with E-state index in [1.807, 2.05) is 60.7 Å². The van der Waals surface area contributed by atoms with E-state index in [2.05, 4.69) is 4.90 Å². The van der Waals surface area contributed by atoms with Crippen molar-refractivity contribution in [2.24, 2.45) is 0 Å². The zero-order chi connectivity index (χ0) is 21.5. The SMILES string of the molecule is COc1ccc(N(c2ccc(/C=C(\C#N)C(=O)O)cc2)c2ccc(OC)cc2)cc1. The zero-order valence-corrected chi connectivity index (χ0v) is 16.6. The number of nitriles is 1. The molecule has 0 aliphatic rings. The lowest BCUT2D eigenvalue weighted by atomic mass is 10.1. The minimum atomic E-state index is -1.25. The molecule has 3 aromatic rings. The molecule has 0 unspecified atom stereocenters. The van der Waals surface area contributed by atoms with E-state index in [-0.39, 0.29) is 5.57 Å². The number of rotatable bonds is 7. The van der Waals surface area contributed by atoms with Crippen molar-refractivity contribution < 1.29 is 19.4 Å². The maximum Gasteiger partial charge on any atom is 0.346 e. The highest BCUT2D eigenvalue weighted by Crippen LogP contribution is 2.36. The van der Waals surface area contributed by atoms with Crippen molar-refractivity contribution in [2.75, 3.05) is 19.1 Å². The lowest BCUT2D eigenvalue weighted by Gasteiger charge is -2.26. The van der Waals surface area contributed by atoms with E-state index in [1.54, 1.807) is 32.4 Å². The molecule has 0 bridgehead atoms. The van der Waals surface area contributed by atoms with Crippen LogP contribution >= 0.6 is 0 Å². The molecular formula is C24H20N2O4. The molecule has 150 valence electrons. The molecular weight excluding hydrogens is 380 g/mol. The first-order valence-corrected chi connectivity index (χ1v) is 9.09. The van der Waals surface area contributed by atoms with Gasteiger partial charge in [0, 0.05) is 17.1 Å². The molecule has 0 aliphatic heterocycles. The number of carbonyl (C=O) groups is 1. The third-order valence-electron chi connectivity index (χ3n) is 4.47. The largest absolute Gasteiger partial charge is 0.497 e. The minimum Gasteiger partial charge on any atom is -0.497 e. The van der Waals surface area contributed by atoms with Crippen LogP contribution in [0.5, 0.6) is 11.5 Å². The summed E-state index contributed by atoms with van der Waals surface area (Å²) >= 11 is 0. The Bertz CT molecular complexity index is 1030.